The van der Waals surface area contributed by atoms with Crippen LogP contribution in [0.4, 0.5) is 13.2 Å². The summed E-state index contributed by atoms with van der Waals surface area (Å²) in [4.78, 5) is 13.3. The van der Waals surface area contributed by atoms with Gasteiger partial charge in [-0.15, -0.1) is 0 Å². The third-order valence-electron chi connectivity index (χ3n) is 3.66. The molecule has 0 aromatic carbocycles. The van der Waals surface area contributed by atoms with Crippen molar-refractivity contribution in [3.05, 3.63) is 0 Å². The van der Waals surface area contributed by atoms with E-state index in [0.717, 1.165) is 17.7 Å². The third kappa shape index (κ3) is 3.37. The van der Waals surface area contributed by atoms with Crippen molar-refractivity contribution < 1.29 is 18.0 Å². The van der Waals surface area contributed by atoms with Gasteiger partial charge in [-0.25, -0.2) is 0 Å². The number of carbonyl (C=O) groups excluding carboxylic acids is 1. The molecule has 2 fully saturated rings. The summed E-state index contributed by atoms with van der Waals surface area (Å²) in [6, 6.07) is -0.642. The van der Waals surface area contributed by atoms with E-state index in [4.69, 9.17) is 0 Å². The lowest BCUT2D eigenvalue weighted by atomic mass is 9.91. The maximum absolute atomic E-state index is 12.5. The summed E-state index contributed by atoms with van der Waals surface area (Å²) in [5.74, 6) is -0.261. The molecule has 2 aliphatic rings. The van der Waals surface area contributed by atoms with Gasteiger partial charge in [0.25, 0.3) is 0 Å². The minimum atomic E-state index is -4.31. The Kier molecular flexibility index (Phi) is 3.84. The molecule has 1 aliphatic heterocycles. The van der Waals surface area contributed by atoms with Crippen LogP contribution in [-0.4, -0.2) is 42.2 Å². The molecule has 0 bridgehead atoms. The molecule has 6 heteroatoms. The SMILES string of the molecule is CC1CCCNC1C(=O)N(CC(F)(F)F)C1CC1. The van der Waals surface area contributed by atoms with Crippen molar-refractivity contribution in [3.8, 4) is 0 Å². The Bertz CT molecular complexity index is 315. The average Bonchev–Trinajstić information content (AvgIpc) is 3.08. The second kappa shape index (κ2) is 5.07. The molecule has 104 valence electrons. The Morgan fingerprint density at radius 1 is 1.33 bits per heavy atom. The zero-order valence-corrected chi connectivity index (χ0v) is 10.5. The first-order chi connectivity index (χ1) is 8.38. The number of nitrogens with zero attached hydrogens (tertiary/aromatic N) is 1. The van der Waals surface area contributed by atoms with Crippen molar-refractivity contribution in [3.63, 3.8) is 0 Å². The van der Waals surface area contributed by atoms with E-state index >= 15 is 0 Å². The largest absolute Gasteiger partial charge is 0.406 e. The van der Waals surface area contributed by atoms with Gasteiger partial charge in [-0.05, 0) is 38.1 Å². The van der Waals surface area contributed by atoms with Crippen molar-refractivity contribution in [1.82, 2.24) is 10.2 Å². The maximum Gasteiger partial charge on any atom is 0.406 e. The smallest absolute Gasteiger partial charge is 0.329 e. The Morgan fingerprint density at radius 3 is 2.50 bits per heavy atom. The minimum Gasteiger partial charge on any atom is -0.329 e. The van der Waals surface area contributed by atoms with Crippen molar-refractivity contribution in [1.29, 1.82) is 0 Å². The standard InChI is InChI=1S/C12H19F3N2O/c1-8-3-2-6-16-10(8)11(18)17(9-4-5-9)7-12(13,14)15/h8-10,16H,2-7H2,1H3. The van der Waals surface area contributed by atoms with Crippen LogP contribution in [0.15, 0.2) is 0 Å². The van der Waals surface area contributed by atoms with Gasteiger partial charge in [-0.2, -0.15) is 13.2 Å². The van der Waals surface area contributed by atoms with Crippen LogP contribution in [0.5, 0.6) is 0 Å². The highest BCUT2D eigenvalue weighted by atomic mass is 19.4. The van der Waals surface area contributed by atoms with E-state index in [2.05, 4.69) is 5.32 Å². The summed E-state index contributed by atoms with van der Waals surface area (Å²) >= 11 is 0. The zero-order valence-electron chi connectivity index (χ0n) is 10.5. The van der Waals surface area contributed by atoms with Gasteiger partial charge < -0.3 is 10.2 Å². The molecule has 1 saturated heterocycles. The Hall–Kier alpha value is -0.780. The van der Waals surface area contributed by atoms with Crippen LogP contribution in [0.25, 0.3) is 0 Å². The first kappa shape index (κ1) is 13.6. The molecule has 2 rings (SSSR count). The zero-order chi connectivity index (χ0) is 13.3. The number of halogens is 3. The van der Waals surface area contributed by atoms with Crippen molar-refractivity contribution in [2.24, 2.45) is 5.92 Å². The summed E-state index contributed by atoms with van der Waals surface area (Å²) in [7, 11) is 0. The third-order valence-corrected chi connectivity index (χ3v) is 3.66. The summed E-state index contributed by atoms with van der Waals surface area (Å²) in [5.41, 5.74) is 0. The number of hydrogen-bond acceptors (Lipinski definition) is 2. The van der Waals surface area contributed by atoms with Crippen LogP contribution in [-0.2, 0) is 4.79 Å². The van der Waals surface area contributed by atoms with E-state index in [-0.39, 0.29) is 17.9 Å². The molecule has 0 radical (unpaired) electrons. The number of carbonyl (C=O) groups is 1. The molecule has 1 amide bonds. The van der Waals surface area contributed by atoms with Crippen LogP contribution >= 0.6 is 0 Å². The summed E-state index contributed by atoms with van der Waals surface area (Å²) in [5, 5.41) is 3.06. The highest BCUT2D eigenvalue weighted by Crippen LogP contribution is 2.32. The van der Waals surface area contributed by atoms with E-state index in [9.17, 15) is 18.0 Å². The molecule has 1 N–H and O–H groups in total. The quantitative estimate of drug-likeness (QED) is 0.844. The van der Waals surface area contributed by atoms with Crippen LogP contribution in [0.3, 0.4) is 0 Å². The first-order valence-electron chi connectivity index (χ1n) is 6.49. The number of piperidine rings is 1. The second-order valence-corrected chi connectivity index (χ2v) is 5.36. The van der Waals surface area contributed by atoms with Gasteiger partial charge >= 0.3 is 6.18 Å². The van der Waals surface area contributed by atoms with Gasteiger partial charge in [-0.3, -0.25) is 4.79 Å². The summed E-state index contributed by atoms with van der Waals surface area (Å²) in [6.07, 6.45) is -1.04. The highest BCUT2D eigenvalue weighted by molar-refractivity contribution is 5.83. The van der Waals surface area contributed by atoms with Gasteiger partial charge in [0.1, 0.15) is 6.54 Å². The number of alkyl halides is 3. The summed E-state index contributed by atoms with van der Waals surface area (Å²) < 4.78 is 37.5. The molecule has 2 atom stereocenters. The molecular formula is C12H19F3N2O. The lowest BCUT2D eigenvalue weighted by molar-refractivity contribution is -0.164. The molecule has 0 aromatic rings. The molecular weight excluding hydrogens is 245 g/mol. The van der Waals surface area contributed by atoms with E-state index in [1.54, 1.807) is 0 Å². The molecule has 0 aromatic heterocycles. The fourth-order valence-electron chi connectivity index (χ4n) is 2.53. The summed E-state index contributed by atoms with van der Waals surface area (Å²) in [6.45, 7) is 1.53. The predicted molar refractivity (Wildman–Crippen MR) is 61.0 cm³/mol. The topological polar surface area (TPSA) is 32.3 Å². The first-order valence-corrected chi connectivity index (χ1v) is 6.49. The maximum atomic E-state index is 12.5. The van der Waals surface area contributed by atoms with Gasteiger partial charge in [0.15, 0.2) is 0 Å². The Balaban J connectivity index is 2.03. The minimum absolute atomic E-state index is 0.112. The van der Waals surface area contributed by atoms with Crippen LogP contribution in [0.2, 0.25) is 0 Å². The molecule has 0 spiro atoms. The highest BCUT2D eigenvalue weighted by Gasteiger charge is 2.43. The van der Waals surface area contributed by atoms with Crippen molar-refractivity contribution in [2.75, 3.05) is 13.1 Å². The molecule has 3 nitrogen and oxygen atoms in total. The molecule has 18 heavy (non-hydrogen) atoms. The predicted octanol–water partition coefficient (Wildman–Crippen LogP) is 1.93. The van der Waals surface area contributed by atoms with Gasteiger partial charge in [0.2, 0.25) is 5.91 Å². The number of hydrogen-bond donors (Lipinski definition) is 1. The normalized spacial score (nSPS) is 29.1. The van der Waals surface area contributed by atoms with Crippen LogP contribution in [0, 0.1) is 5.92 Å². The molecule has 1 saturated carbocycles. The van der Waals surface area contributed by atoms with Crippen molar-refractivity contribution >= 4 is 5.91 Å². The number of amides is 1. The monoisotopic (exact) mass is 264 g/mol. The van der Waals surface area contributed by atoms with E-state index in [1.165, 1.54) is 0 Å². The Morgan fingerprint density at radius 2 is 2.00 bits per heavy atom. The van der Waals surface area contributed by atoms with E-state index in [0.29, 0.717) is 19.4 Å². The lowest BCUT2D eigenvalue weighted by Gasteiger charge is -2.34. The molecule has 1 heterocycles. The van der Waals surface area contributed by atoms with Crippen LogP contribution in [0.1, 0.15) is 32.6 Å². The fourth-order valence-corrected chi connectivity index (χ4v) is 2.53. The van der Waals surface area contributed by atoms with Gasteiger partial charge in [-0.1, -0.05) is 6.92 Å². The van der Waals surface area contributed by atoms with E-state index in [1.807, 2.05) is 6.92 Å². The number of nitrogens with one attached hydrogen (secondary N) is 1. The molecule has 1 aliphatic carbocycles. The lowest BCUT2D eigenvalue weighted by Crippen LogP contribution is -2.54. The van der Waals surface area contributed by atoms with Crippen molar-refractivity contribution in [2.45, 2.75) is 50.9 Å². The van der Waals surface area contributed by atoms with Gasteiger partial charge in [0, 0.05) is 6.04 Å². The van der Waals surface area contributed by atoms with Crippen LogP contribution < -0.4 is 5.32 Å². The second-order valence-electron chi connectivity index (χ2n) is 5.36. The number of rotatable bonds is 3. The Labute approximate surface area is 105 Å². The molecule has 2 unspecified atom stereocenters. The van der Waals surface area contributed by atoms with Gasteiger partial charge in [0.05, 0.1) is 6.04 Å². The van der Waals surface area contributed by atoms with E-state index < -0.39 is 18.8 Å². The average molecular weight is 264 g/mol. The fraction of sp³-hybridized carbons (Fsp3) is 0.917.